The Morgan fingerprint density at radius 2 is 1.68 bits per heavy atom. The number of halogens is 1. The van der Waals surface area contributed by atoms with Crippen LogP contribution in [-0.2, 0) is 11.3 Å². The van der Waals surface area contributed by atoms with E-state index in [-0.39, 0.29) is 24.0 Å². The van der Waals surface area contributed by atoms with Crippen molar-refractivity contribution in [3.63, 3.8) is 0 Å². The maximum absolute atomic E-state index is 13.0. The molecule has 0 unspecified atom stereocenters. The number of rotatable bonds is 8. The second kappa shape index (κ2) is 9.98. The van der Waals surface area contributed by atoms with E-state index in [2.05, 4.69) is 5.32 Å². The number of carboxylic acid groups (broad SMARTS) is 1. The number of aromatic nitrogens is 1. The minimum Gasteiger partial charge on any atom is -0.506 e. The topological polar surface area (TPSA) is 158 Å². The van der Waals surface area contributed by atoms with Crippen LogP contribution in [0.25, 0.3) is 0 Å². The summed E-state index contributed by atoms with van der Waals surface area (Å²) in [4.78, 5) is 48.8. The Morgan fingerprint density at radius 1 is 1.06 bits per heavy atom. The summed E-state index contributed by atoms with van der Waals surface area (Å²) in [5, 5.41) is 34.6. The fourth-order valence-corrected chi connectivity index (χ4v) is 2.88. The maximum atomic E-state index is 13.0. The van der Waals surface area contributed by atoms with Gasteiger partial charge < -0.3 is 26.0 Å². The minimum absolute atomic E-state index is 0.0342. The van der Waals surface area contributed by atoms with Crippen molar-refractivity contribution >= 4 is 29.4 Å². The van der Waals surface area contributed by atoms with Crippen molar-refractivity contribution in [3.05, 3.63) is 56.3 Å². The van der Waals surface area contributed by atoms with Gasteiger partial charge in [0.1, 0.15) is 17.7 Å². The molecule has 0 bridgehead atoms. The van der Waals surface area contributed by atoms with Crippen LogP contribution >= 0.6 is 11.6 Å². The Morgan fingerprint density at radius 3 is 2.26 bits per heavy atom. The smallest absolute Gasteiger partial charge is 0.322 e. The van der Waals surface area contributed by atoms with Gasteiger partial charge in [-0.1, -0.05) is 43.6 Å². The minimum atomic E-state index is -1.37. The van der Waals surface area contributed by atoms with Gasteiger partial charge in [-0.25, -0.2) is 0 Å². The van der Waals surface area contributed by atoms with E-state index in [0.717, 1.165) is 0 Å². The van der Waals surface area contributed by atoms with Crippen LogP contribution in [0.2, 0.25) is 5.02 Å². The molecule has 1 aromatic heterocycles. The van der Waals surface area contributed by atoms with Crippen LogP contribution in [0, 0.1) is 5.92 Å². The Bertz CT molecular complexity index is 1080. The van der Waals surface area contributed by atoms with E-state index in [9.17, 15) is 29.4 Å². The molecular weight excluding hydrogens is 430 g/mol. The molecule has 2 aromatic rings. The van der Waals surface area contributed by atoms with Gasteiger partial charge in [-0.15, -0.1) is 0 Å². The van der Waals surface area contributed by atoms with Gasteiger partial charge in [-0.2, -0.15) is 0 Å². The number of benzene rings is 1. The Kier molecular flexibility index (Phi) is 7.65. The monoisotopic (exact) mass is 451 g/mol. The highest BCUT2D eigenvalue weighted by molar-refractivity contribution is 6.31. The fraction of sp³-hybridized carbons (Fsp3) is 0.300. The number of pyridine rings is 1. The molecule has 1 heterocycles. The van der Waals surface area contributed by atoms with Gasteiger partial charge in [-0.3, -0.25) is 23.7 Å². The molecule has 0 spiro atoms. The van der Waals surface area contributed by atoms with Crippen molar-refractivity contribution in [1.82, 2.24) is 15.2 Å². The third-order valence-electron chi connectivity index (χ3n) is 4.22. The first-order chi connectivity index (χ1) is 14.5. The van der Waals surface area contributed by atoms with Gasteiger partial charge in [0.15, 0.2) is 5.75 Å². The zero-order chi connectivity index (χ0) is 23.3. The third kappa shape index (κ3) is 5.54. The van der Waals surface area contributed by atoms with Crippen molar-refractivity contribution in [2.24, 2.45) is 5.92 Å². The molecular formula is C20H22ClN3O7. The van der Waals surface area contributed by atoms with Crippen molar-refractivity contribution in [2.75, 3.05) is 13.1 Å². The van der Waals surface area contributed by atoms with Crippen molar-refractivity contribution in [2.45, 2.75) is 20.4 Å². The average Bonchev–Trinajstić information content (AvgIpc) is 2.69. The maximum Gasteiger partial charge on any atom is 0.322 e. The zero-order valence-electron chi connectivity index (χ0n) is 16.8. The lowest BCUT2D eigenvalue weighted by atomic mass is 10.1. The van der Waals surface area contributed by atoms with Crippen LogP contribution in [0.5, 0.6) is 11.6 Å². The number of aromatic hydroxyl groups is 2. The van der Waals surface area contributed by atoms with Crippen LogP contribution in [0.1, 0.15) is 40.1 Å². The molecule has 0 fully saturated rings. The normalized spacial score (nSPS) is 10.7. The van der Waals surface area contributed by atoms with Gasteiger partial charge in [0.2, 0.25) is 5.88 Å². The number of hydrogen-bond donors (Lipinski definition) is 5. The number of carbonyl (C=O) groups excluding carboxylic acids is 2. The standard InChI is InChI=1S/C20H22ClN3O7/c1-10(2)7-22-17(28)14-16(27)15(18(29)23-8-13(25)26)20(31)24(19(14)30)9-11-5-3-4-6-12(11)21/h3-6,10,27,31H,7-9H2,1-2H3,(H,22,28)(H,23,29)(H,25,26). The zero-order valence-corrected chi connectivity index (χ0v) is 17.6. The van der Waals surface area contributed by atoms with Crippen LogP contribution in [0.4, 0.5) is 0 Å². The van der Waals surface area contributed by atoms with E-state index in [1.165, 1.54) is 0 Å². The number of aliphatic carboxylic acids is 1. The lowest BCUT2D eigenvalue weighted by Crippen LogP contribution is -2.37. The van der Waals surface area contributed by atoms with Crippen LogP contribution in [0.15, 0.2) is 29.1 Å². The number of carbonyl (C=O) groups is 3. The molecule has 10 nitrogen and oxygen atoms in total. The predicted molar refractivity (Wildman–Crippen MR) is 112 cm³/mol. The highest BCUT2D eigenvalue weighted by Crippen LogP contribution is 2.29. The van der Waals surface area contributed by atoms with E-state index in [1.807, 2.05) is 19.2 Å². The number of carboxylic acids is 1. The van der Waals surface area contributed by atoms with Gasteiger partial charge in [0, 0.05) is 11.6 Å². The molecule has 31 heavy (non-hydrogen) atoms. The Hall–Kier alpha value is -3.53. The summed E-state index contributed by atoms with van der Waals surface area (Å²) in [5.41, 5.74) is -2.21. The molecule has 166 valence electrons. The van der Waals surface area contributed by atoms with Crippen LogP contribution < -0.4 is 16.2 Å². The van der Waals surface area contributed by atoms with E-state index in [0.29, 0.717) is 10.1 Å². The molecule has 11 heteroatoms. The molecule has 5 N–H and O–H groups in total. The fourth-order valence-electron chi connectivity index (χ4n) is 2.69. The third-order valence-corrected chi connectivity index (χ3v) is 4.59. The summed E-state index contributed by atoms with van der Waals surface area (Å²) in [6.45, 7) is 2.70. The highest BCUT2D eigenvalue weighted by Gasteiger charge is 2.30. The van der Waals surface area contributed by atoms with Crippen LogP contribution in [0.3, 0.4) is 0 Å². The second-order valence-electron chi connectivity index (χ2n) is 7.09. The summed E-state index contributed by atoms with van der Waals surface area (Å²) in [5.74, 6) is -5.45. The molecule has 0 saturated carbocycles. The summed E-state index contributed by atoms with van der Waals surface area (Å²) in [6, 6.07) is 6.42. The van der Waals surface area contributed by atoms with Crippen LogP contribution in [-0.4, -0.2) is 50.8 Å². The quantitative estimate of drug-likeness (QED) is 0.402. The molecule has 0 aliphatic carbocycles. The first kappa shape index (κ1) is 23.7. The van der Waals surface area contributed by atoms with Gasteiger partial charge in [-0.05, 0) is 17.5 Å². The molecule has 0 aliphatic rings. The highest BCUT2D eigenvalue weighted by atomic mass is 35.5. The first-order valence-electron chi connectivity index (χ1n) is 9.24. The van der Waals surface area contributed by atoms with Gasteiger partial charge >= 0.3 is 5.97 Å². The molecule has 0 radical (unpaired) electrons. The summed E-state index contributed by atoms with van der Waals surface area (Å²) in [6.07, 6.45) is 0. The number of nitrogens with zero attached hydrogens (tertiary/aromatic N) is 1. The van der Waals surface area contributed by atoms with E-state index >= 15 is 0 Å². The SMILES string of the molecule is CC(C)CNC(=O)c1c(O)c(C(=O)NCC(=O)O)c(O)n(Cc2ccccc2Cl)c1=O. The number of nitrogens with one attached hydrogen (secondary N) is 2. The van der Waals surface area contributed by atoms with E-state index < -0.39 is 52.6 Å². The number of hydrogen-bond acceptors (Lipinski definition) is 6. The first-order valence-corrected chi connectivity index (χ1v) is 9.62. The molecule has 2 rings (SSSR count). The predicted octanol–water partition coefficient (Wildman–Crippen LogP) is 1.16. The largest absolute Gasteiger partial charge is 0.506 e. The number of amides is 2. The lowest BCUT2D eigenvalue weighted by molar-refractivity contribution is -0.135. The molecule has 0 saturated heterocycles. The molecule has 0 aliphatic heterocycles. The Balaban J connectivity index is 2.66. The summed E-state index contributed by atoms with van der Waals surface area (Å²) in [7, 11) is 0. The molecule has 1 aromatic carbocycles. The van der Waals surface area contributed by atoms with E-state index in [4.69, 9.17) is 16.7 Å². The molecule has 0 atom stereocenters. The summed E-state index contributed by atoms with van der Waals surface area (Å²) < 4.78 is 0.709. The van der Waals surface area contributed by atoms with Gasteiger partial charge in [0.25, 0.3) is 17.4 Å². The summed E-state index contributed by atoms with van der Waals surface area (Å²) >= 11 is 6.11. The van der Waals surface area contributed by atoms with Gasteiger partial charge in [0.05, 0.1) is 6.54 Å². The second-order valence-corrected chi connectivity index (χ2v) is 7.49. The van der Waals surface area contributed by atoms with E-state index in [1.54, 1.807) is 24.3 Å². The van der Waals surface area contributed by atoms with Crippen molar-refractivity contribution < 1.29 is 29.7 Å². The Labute approximate surface area is 182 Å². The van der Waals surface area contributed by atoms with Crippen molar-refractivity contribution in [3.8, 4) is 11.6 Å². The molecule has 2 amide bonds. The average molecular weight is 452 g/mol. The van der Waals surface area contributed by atoms with Crippen molar-refractivity contribution in [1.29, 1.82) is 0 Å². The lowest BCUT2D eigenvalue weighted by Gasteiger charge is -2.17.